The van der Waals surface area contributed by atoms with Crippen LogP contribution in [0.25, 0.3) is 0 Å². The molecule has 6 atom stereocenters. The molecule has 2 aromatic rings. The van der Waals surface area contributed by atoms with E-state index in [2.05, 4.69) is 28.0 Å². The molecule has 3 saturated heterocycles. The van der Waals surface area contributed by atoms with Gasteiger partial charge in [0.05, 0.1) is 35.8 Å². The van der Waals surface area contributed by atoms with Crippen molar-refractivity contribution in [2.45, 2.75) is 42.9 Å². The van der Waals surface area contributed by atoms with Crippen LogP contribution in [-0.4, -0.2) is 59.8 Å². The third kappa shape index (κ3) is 2.56. The highest BCUT2D eigenvalue weighted by Crippen LogP contribution is 2.66. The van der Waals surface area contributed by atoms with Gasteiger partial charge in [0, 0.05) is 48.0 Å². The SMILES string of the molecule is O=C1CC2OCC=C3CN4CCC56c7cc(N=Cc8ccc([N+](=O)[O-])cc8)ccc7N1C5C2C3CC46. The van der Waals surface area contributed by atoms with Gasteiger partial charge in [-0.1, -0.05) is 11.6 Å². The van der Waals surface area contributed by atoms with Crippen LogP contribution in [0.15, 0.2) is 59.1 Å². The molecule has 182 valence electrons. The molecule has 8 heteroatoms. The van der Waals surface area contributed by atoms with Crippen molar-refractivity contribution in [3.05, 3.63) is 75.4 Å². The summed E-state index contributed by atoms with van der Waals surface area (Å²) >= 11 is 0. The maximum Gasteiger partial charge on any atom is 0.269 e. The van der Waals surface area contributed by atoms with E-state index in [0.29, 0.717) is 30.9 Å². The highest BCUT2D eigenvalue weighted by molar-refractivity contribution is 5.99. The number of benzene rings is 2. The minimum atomic E-state index is -0.399. The maximum atomic E-state index is 13.6. The number of nitro benzene ring substituents is 1. The highest BCUT2D eigenvalue weighted by atomic mass is 16.6. The van der Waals surface area contributed by atoms with E-state index in [1.165, 1.54) is 23.3 Å². The van der Waals surface area contributed by atoms with E-state index in [0.717, 1.165) is 42.9 Å². The number of nitrogens with zero attached hydrogens (tertiary/aromatic N) is 4. The molecule has 1 aliphatic carbocycles. The summed E-state index contributed by atoms with van der Waals surface area (Å²) in [4.78, 5) is 33.6. The Morgan fingerprint density at radius 3 is 2.89 bits per heavy atom. The Hall–Kier alpha value is -3.36. The molecule has 0 radical (unpaired) electrons. The van der Waals surface area contributed by atoms with Crippen LogP contribution in [0.2, 0.25) is 0 Å². The third-order valence-electron chi connectivity index (χ3n) is 9.76. The molecule has 1 amide bonds. The van der Waals surface area contributed by atoms with E-state index in [-0.39, 0.29) is 29.2 Å². The van der Waals surface area contributed by atoms with Gasteiger partial charge >= 0.3 is 0 Å². The highest BCUT2D eigenvalue weighted by Gasteiger charge is 2.71. The number of piperidine rings is 2. The van der Waals surface area contributed by atoms with Gasteiger partial charge in [-0.3, -0.25) is 24.8 Å². The van der Waals surface area contributed by atoms with E-state index >= 15 is 0 Å². The van der Waals surface area contributed by atoms with Gasteiger partial charge < -0.3 is 9.64 Å². The predicted molar refractivity (Wildman–Crippen MR) is 134 cm³/mol. The Kier molecular flexibility index (Phi) is 4.11. The third-order valence-corrected chi connectivity index (χ3v) is 9.76. The number of fused-ring (bicyclic) bond motifs is 2. The molecule has 8 nitrogen and oxygen atoms in total. The smallest absolute Gasteiger partial charge is 0.269 e. The lowest BCUT2D eigenvalue weighted by Gasteiger charge is -2.58. The molecule has 2 aromatic carbocycles. The van der Waals surface area contributed by atoms with Crippen LogP contribution in [0.3, 0.4) is 0 Å². The van der Waals surface area contributed by atoms with Crippen molar-refractivity contribution in [1.82, 2.24) is 4.90 Å². The zero-order valence-corrected chi connectivity index (χ0v) is 19.7. The normalized spacial score (nSPS) is 35.6. The molecule has 6 unspecified atom stereocenters. The van der Waals surface area contributed by atoms with E-state index in [9.17, 15) is 14.9 Å². The lowest BCUT2D eigenvalue weighted by molar-refractivity contribution is -0.384. The Morgan fingerprint density at radius 1 is 1.19 bits per heavy atom. The second kappa shape index (κ2) is 7.11. The molecule has 1 spiro atoms. The van der Waals surface area contributed by atoms with E-state index in [1.807, 2.05) is 6.07 Å². The van der Waals surface area contributed by atoms with Crippen LogP contribution in [0.5, 0.6) is 0 Å². The molecule has 6 aliphatic rings. The number of carbonyl (C=O) groups excluding carboxylic acids is 1. The van der Waals surface area contributed by atoms with Crippen molar-refractivity contribution in [1.29, 1.82) is 0 Å². The number of aliphatic imine (C=N–C) groups is 1. The van der Waals surface area contributed by atoms with Crippen molar-refractivity contribution in [3.8, 4) is 0 Å². The van der Waals surface area contributed by atoms with Crippen molar-refractivity contribution in [2.24, 2.45) is 16.8 Å². The standard InChI is InChI=1S/C28H26N4O4/c33-25-13-23-26-20-12-24-28(8-9-30(24)15-17(20)7-10-36-23)21-11-18(3-6-22(21)31(25)27(26)28)29-14-16-1-4-19(5-2-16)32(34)35/h1-7,11,14,20,23-24,26-27H,8-10,12-13,15H2. The second-order valence-electron chi connectivity index (χ2n) is 11.1. The van der Waals surface area contributed by atoms with Crippen molar-refractivity contribution in [2.75, 3.05) is 24.6 Å². The average molecular weight is 483 g/mol. The fourth-order valence-corrected chi connectivity index (χ4v) is 8.45. The zero-order valence-electron chi connectivity index (χ0n) is 19.7. The van der Waals surface area contributed by atoms with Crippen molar-refractivity contribution >= 4 is 29.2 Å². The number of ether oxygens (including phenoxy) is 1. The van der Waals surface area contributed by atoms with Crippen LogP contribution in [0.1, 0.15) is 30.4 Å². The van der Waals surface area contributed by atoms with Crippen molar-refractivity contribution in [3.63, 3.8) is 0 Å². The number of non-ortho nitro benzene ring substituents is 1. The van der Waals surface area contributed by atoms with Crippen molar-refractivity contribution < 1.29 is 14.5 Å². The van der Waals surface area contributed by atoms with E-state index in [1.54, 1.807) is 18.3 Å². The summed E-state index contributed by atoms with van der Waals surface area (Å²) in [6, 6.07) is 13.3. The minimum Gasteiger partial charge on any atom is -0.373 e. The predicted octanol–water partition coefficient (Wildman–Crippen LogP) is 3.75. The van der Waals surface area contributed by atoms with Crippen LogP contribution >= 0.6 is 0 Å². The fourth-order valence-electron chi connectivity index (χ4n) is 8.45. The first kappa shape index (κ1) is 20.8. The molecule has 2 bridgehead atoms. The Morgan fingerprint density at radius 2 is 2.06 bits per heavy atom. The van der Waals surface area contributed by atoms with Gasteiger partial charge in [-0.2, -0.15) is 0 Å². The molecule has 8 rings (SSSR count). The summed E-state index contributed by atoms with van der Waals surface area (Å²) in [5.41, 5.74) is 5.49. The van der Waals surface area contributed by atoms with Crippen LogP contribution in [0.4, 0.5) is 17.1 Å². The fraction of sp³-hybridized carbons (Fsp3) is 0.429. The summed E-state index contributed by atoms with van der Waals surface area (Å²) < 4.78 is 6.32. The first-order valence-electron chi connectivity index (χ1n) is 12.8. The van der Waals surface area contributed by atoms with Gasteiger partial charge in [0.1, 0.15) is 0 Å². The molecule has 0 aromatic heterocycles. The summed E-state index contributed by atoms with van der Waals surface area (Å²) in [7, 11) is 0. The Labute approximate surface area is 208 Å². The molecular weight excluding hydrogens is 456 g/mol. The zero-order chi connectivity index (χ0) is 24.2. The van der Waals surface area contributed by atoms with E-state index in [4.69, 9.17) is 9.73 Å². The Balaban J connectivity index is 1.23. The molecule has 5 aliphatic heterocycles. The monoisotopic (exact) mass is 482 g/mol. The van der Waals surface area contributed by atoms with Gasteiger partial charge in [-0.05, 0) is 66.8 Å². The number of anilines is 1. The molecule has 36 heavy (non-hydrogen) atoms. The van der Waals surface area contributed by atoms with Gasteiger partial charge in [0.2, 0.25) is 5.91 Å². The molecule has 5 heterocycles. The summed E-state index contributed by atoms with van der Waals surface area (Å²) in [5, 5.41) is 10.9. The topological polar surface area (TPSA) is 88.3 Å². The number of hydrogen-bond acceptors (Lipinski definition) is 6. The summed E-state index contributed by atoms with van der Waals surface area (Å²) in [5.74, 6) is 1.02. The largest absolute Gasteiger partial charge is 0.373 e. The molecule has 1 saturated carbocycles. The average Bonchev–Trinajstić information content (AvgIpc) is 3.35. The second-order valence-corrected chi connectivity index (χ2v) is 11.1. The quantitative estimate of drug-likeness (QED) is 0.288. The van der Waals surface area contributed by atoms with Gasteiger partial charge in [-0.25, -0.2) is 0 Å². The summed E-state index contributed by atoms with van der Waals surface area (Å²) in [6.45, 7) is 2.70. The van der Waals surface area contributed by atoms with Crippen LogP contribution in [-0.2, 0) is 14.9 Å². The van der Waals surface area contributed by atoms with Gasteiger partial charge in [-0.15, -0.1) is 0 Å². The lowest BCUT2D eigenvalue weighted by atomic mass is 9.53. The van der Waals surface area contributed by atoms with Gasteiger partial charge in [0.25, 0.3) is 5.69 Å². The van der Waals surface area contributed by atoms with Gasteiger partial charge in [0.15, 0.2) is 0 Å². The molecule has 4 fully saturated rings. The number of hydrogen-bond donors (Lipinski definition) is 0. The number of rotatable bonds is 3. The minimum absolute atomic E-state index is 0.00332. The Bertz CT molecular complexity index is 1380. The molecule has 0 N–H and O–H groups in total. The number of amides is 1. The number of carbonyl (C=O) groups is 1. The lowest BCUT2D eigenvalue weighted by Crippen LogP contribution is -2.69. The summed E-state index contributed by atoms with van der Waals surface area (Å²) in [6.07, 6.45) is 6.70. The molecular formula is C28H26N4O4. The number of nitro groups is 1. The van der Waals surface area contributed by atoms with Crippen LogP contribution < -0.4 is 4.90 Å². The first-order chi connectivity index (χ1) is 17.5. The maximum absolute atomic E-state index is 13.6. The van der Waals surface area contributed by atoms with Crippen LogP contribution in [0, 0.1) is 22.0 Å². The van der Waals surface area contributed by atoms with E-state index < -0.39 is 4.92 Å². The first-order valence-corrected chi connectivity index (χ1v) is 12.8.